The second-order valence-electron chi connectivity index (χ2n) is 20.6. The van der Waals surface area contributed by atoms with Crippen LogP contribution in [0.5, 0.6) is 0 Å². The summed E-state index contributed by atoms with van der Waals surface area (Å²) in [7, 11) is 7.54. The number of nitrogens with one attached hydrogen (secondary N) is 1. The van der Waals surface area contributed by atoms with Gasteiger partial charge in [0.25, 0.3) is 5.56 Å². The number of aromatic nitrogens is 3. The molecule has 3 atom stereocenters. The number of aryl methyl sites for hydroxylation is 3. The number of carbonyl (C=O) groups excluding carboxylic acids is 2. The fraction of sp³-hybridized carbons (Fsp3) is 0.517. The topological polar surface area (TPSA) is 134 Å². The molecule has 2 aromatic carbocycles. The lowest BCUT2D eigenvalue weighted by molar-refractivity contribution is -0.120. The molecular formula is C58H82FN9O4. The smallest absolute Gasteiger partial charge is 0.329 e. The number of piperazine rings is 1. The summed E-state index contributed by atoms with van der Waals surface area (Å²) in [6, 6.07) is 10.5. The fourth-order valence-corrected chi connectivity index (χ4v) is 10.7. The van der Waals surface area contributed by atoms with Crippen LogP contribution >= 0.6 is 0 Å². The maximum Gasteiger partial charge on any atom is 0.329 e. The molecule has 3 unspecified atom stereocenters. The largest absolute Gasteiger partial charge is 0.388 e. The van der Waals surface area contributed by atoms with Crippen molar-refractivity contribution in [3.05, 3.63) is 133 Å². The number of nitrogens with two attached hydrogens (primary N) is 1. The summed E-state index contributed by atoms with van der Waals surface area (Å²) in [6.45, 7) is 24.3. The Kier molecular flexibility index (Phi) is 19.7. The second kappa shape index (κ2) is 25.4. The van der Waals surface area contributed by atoms with Gasteiger partial charge in [0.05, 0.1) is 29.3 Å². The number of likely N-dealkylation sites (N-methyl/N-ethyl adjacent to an activating group) is 1. The van der Waals surface area contributed by atoms with E-state index in [9.17, 15) is 19.2 Å². The SMILES string of the molecule is C=C(/C=C(\C)C(C)N1CC=C(c2c(C)cc(C(=O)CCCC(CCC)CN3CCN(Cc4cc5c(cc4C)n(C(CC)C(=O)CN)c(=O)n5C)CC3)cc2F)CC1)/C(=C\CN(C)C)n1ccc(NC)cc1=O. The maximum atomic E-state index is 16.0. The van der Waals surface area contributed by atoms with E-state index in [1.54, 1.807) is 40.1 Å². The Morgan fingerprint density at radius 1 is 0.972 bits per heavy atom. The number of imidazole rings is 1. The molecule has 4 heterocycles. The van der Waals surface area contributed by atoms with Crippen molar-refractivity contribution >= 4 is 39.6 Å². The Morgan fingerprint density at radius 3 is 2.31 bits per heavy atom. The van der Waals surface area contributed by atoms with Crippen LogP contribution in [-0.4, -0.2) is 131 Å². The Hall–Kier alpha value is -5.51. The minimum atomic E-state index is -0.573. The van der Waals surface area contributed by atoms with Gasteiger partial charge >= 0.3 is 5.69 Å². The van der Waals surface area contributed by atoms with E-state index < -0.39 is 6.04 Å². The molecule has 0 radical (unpaired) electrons. The highest BCUT2D eigenvalue weighted by Crippen LogP contribution is 2.32. The molecule has 0 aliphatic carbocycles. The zero-order valence-electron chi connectivity index (χ0n) is 45.0. The second-order valence-corrected chi connectivity index (χ2v) is 20.6. The van der Waals surface area contributed by atoms with E-state index in [0.29, 0.717) is 49.4 Å². The molecule has 3 N–H and O–H groups in total. The Balaban J connectivity index is 1.000. The van der Waals surface area contributed by atoms with Gasteiger partial charge in [0, 0.05) is 115 Å². The minimum Gasteiger partial charge on any atom is -0.388 e. The number of pyridine rings is 1. The average molecular weight is 988 g/mol. The standard InChI is InChI=1S/C58H82FN9O4/c1-12-15-44(37-64-26-28-65(29-27-64)38-47-34-52-53(32-40(47)4)68(58(72)63(52)11)50(13-2)55(70)36-60)16-14-17-54(69)46-31-42(6)57(49(59)33-46)45-18-23-66(24-19-45)43(7)39(3)30-41(5)51(21-22-62(9)10)67-25-20-48(61-8)35-56(67)71/h18,20-21,25,30-35,43-44,50,61H,5,12-17,19,22-24,26-29,36-38,60H2,1-4,6-11H3/b39-30+,51-21+. The van der Waals surface area contributed by atoms with Crippen LogP contribution in [0.1, 0.15) is 111 Å². The number of hydrogen-bond donors (Lipinski definition) is 2. The molecule has 0 bridgehead atoms. The van der Waals surface area contributed by atoms with Gasteiger partial charge in [-0.15, -0.1) is 0 Å². The van der Waals surface area contributed by atoms with Crippen LogP contribution in [0.15, 0.2) is 88.1 Å². The fourth-order valence-electron chi connectivity index (χ4n) is 10.7. The first-order valence-corrected chi connectivity index (χ1v) is 26.2. The zero-order chi connectivity index (χ0) is 52.4. The van der Waals surface area contributed by atoms with Crippen molar-refractivity contribution in [1.82, 2.24) is 33.3 Å². The lowest BCUT2D eigenvalue weighted by Gasteiger charge is -2.36. The van der Waals surface area contributed by atoms with Crippen LogP contribution < -0.4 is 22.3 Å². The van der Waals surface area contributed by atoms with E-state index >= 15 is 4.39 Å². The van der Waals surface area contributed by atoms with E-state index in [1.165, 1.54) is 11.6 Å². The molecule has 0 saturated carbocycles. The zero-order valence-corrected chi connectivity index (χ0v) is 45.0. The molecule has 0 spiro atoms. The first-order valence-electron chi connectivity index (χ1n) is 26.2. The van der Waals surface area contributed by atoms with E-state index in [4.69, 9.17) is 5.73 Å². The van der Waals surface area contributed by atoms with Gasteiger partial charge < -0.3 is 20.9 Å². The third-order valence-corrected chi connectivity index (χ3v) is 15.1. The monoisotopic (exact) mass is 988 g/mol. The van der Waals surface area contributed by atoms with E-state index in [1.807, 2.05) is 57.1 Å². The van der Waals surface area contributed by atoms with E-state index in [0.717, 1.165) is 122 Å². The molecule has 4 aromatic rings. The number of nitrogens with zero attached hydrogens (tertiary/aromatic N) is 7. The van der Waals surface area contributed by atoms with Crippen molar-refractivity contribution < 1.29 is 14.0 Å². The van der Waals surface area contributed by atoms with Gasteiger partial charge in [0.15, 0.2) is 11.6 Å². The molecule has 14 heteroatoms. The molecule has 1 saturated heterocycles. The molecule has 2 aliphatic heterocycles. The highest BCUT2D eigenvalue weighted by atomic mass is 19.1. The number of hydrogen-bond acceptors (Lipinski definition) is 10. The van der Waals surface area contributed by atoms with Gasteiger partial charge in [-0.05, 0) is 144 Å². The highest BCUT2D eigenvalue weighted by Gasteiger charge is 2.27. The Morgan fingerprint density at radius 2 is 1.69 bits per heavy atom. The number of allylic oxidation sites excluding steroid dienone is 3. The van der Waals surface area contributed by atoms with Gasteiger partial charge in [0.2, 0.25) is 0 Å². The molecule has 13 nitrogen and oxygen atoms in total. The van der Waals surface area contributed by atoms with E-state index in [2.05, 4.69) is 72.5 Å². The minimum absolute atomic E-state index is 0.00666. The molecule has 2 aromatic heterocycles. The van der Waals surface area contributed by atoms with Gasteiger partial charge in [-0.25, -0.2) is 9.18 Å². The quantitative estimate of drug-likeness (QED) is 0.0521. The summed E-state index contributed by atoms with van der Waals surface area (Å²) in [5, 5.41) is 3.03. The van der Waals surface area contributed by atoms with Crippen molar-refractivity contribution in [2.45, 2.75) is 105 Å². The first-order chi connectivity index (χ1) is 34.4. The molecule has 390 valence electrons. The van der Waals surface area contributed by atoms with Crippen LogP contribution in [0.2, 0.25) is 0 Å². The van der Waals surface area contributed by atoms with Gasteiger partial charge in [0.1, 0.15) is 5.82 Å². The Bertz CT molecular complexity index is 2780. The summed E-state index contributed by atoms with van der Waals surface area (Å²) < 4.78 is 20.9. The van der Waals surface area contributed by atoms with Crippen molar-refractivity contribution in [3.8, 4) is 0 Å². The summed E-state index contributed by atoms with van der Waals surface area (Å²) >= 11 is 0. The van der Waals surface area contributed by atoms with Crippen molar-refractivity contribution in [2.75, 3.05) is 85.4 Å². The summed E-state index contributed by atoms with van der Waals surface area (Å²) in [5.41, 5.74) is 15.4. The van der Waals surface area contributed by atoms with E-state index in [-0.39, 0.29) is 41.2 Å². The number of ketones is 2. The van der Waals surface area contributed by atoms with Gasteiger partial charge in [-0.3, -0.25) is 37.9 Å². The highest BCUT2D eigenvalue weighted by molar-refractivity contribution is 5.96. The summed E-state index contributed by atoms with van der Waals surface area (Å²) in [4.78, 5) is 62.1. The van der Waals surface area contributed by atoms with Crippen LogP contribution in [0.3, 0.4) is 0 Å². The lowest BCUT2D eigenvalue weighted by Crippen LogP contribution is -2.47. The third kappa shape index (κ3) is 13.4. The summed E-state index contributed by atoms with van der Waals surface area (Å²) in [6.07, 6.45) is 13.5. The van der Waals surface area contributed by atoms with Crippen LogP contribution in [0.4, 0.5) is 10.1 Å². The van der Waals surface area contributed by atoms with Crippen LogP contribution in [0, 0.1) is 25.6 Å². The number of benzene rings is 2. The van der Waals surface area contributed by atoms with Gasteiger partial charge in [-0.2, -0.15) is 0 Å². The Labute approximate surface area is 427 Å². The number of anilines is 1. The first kappa shape index (κ1) is 55.8. The van der Waals surface area contributed by atoms with Gasteiger partial charge in [-0.1, -0.05) is 44.6 Å². The number of Topliss-reactive ketones (excluding diaryl/α,β-unsaturated/α-hetero) is 2. The molecular weight excluding hydrogens is 906 g/mol. The normalized spacial score (nSPS) is 16.8. The molecule has 72 heavy (non-hydrogen) atoms. The van der Waals surface area contributed by atoms with Crippen molar-refractivity contribution in [2.24, 2.45) is 18.7 Å². The van der Waals surface area contributed by atoms with Crippen LogP contribution in [-0.2, 0) is 18.4 Å². The molecule has 1 fully saturated rings. The number of fused-ring (bicyclic) bond motifs is 1. The van der Waals surface area contributed by atoms with Crippen molar-refractivity contribution in [3.63, 3.8) is 0 Å². The molecule has 0 amide bonds. The summed E-state index contributed by atoms with van der Waals surface area (Å²) in [5.74, 6) is 0.00251. The lowest BCUT2D eigenvalue weighted by atomic mass is 9.90. The number of carbonyl (C=O) groups is 2. The molecule has 2 aliphatic rings. The third-order valence-electron chi connectivity index (χ3n) is 15.1. The predicted octanol–water partition coefficient (Wildman–Crippen LogP) is 8.45. The number of rotatable bonds is 24. The maximum absolute atomic E-state index is 16.0. The molecule has 6 rings (SSSR count). The predicted molar refractivity (Wildman–Crippen MR) is 294 cm³/mol. The average Bonchev–Trinajstić information content (AvgIpc) is 3.58. The number of halogens is 1. The van der Waals surface area contributed by atoms with Crippen molar-refractivity contribution in [1.29, 1.82) is 0 Å². The van der Waals surface area contributed by atoms with Crippen LogP contribution in [0.25, 0.3) is 22.3 Å².